The highest BCUT2D eigenvalue weighted by Crippen LogP contribution is 2.59. The van der Waals surface area contributed by atoms with Gasteiger partial charge in [-0.1, -0.05) is 25.1 Å². The van der Waals surface area contributed by atoms with Crippen LogP contribution in [-0.4, -0.2) is 31.1 Å². The van der Waals surface area contributed by atoms with Crippen LogP contribution >= 0.6 is 0 Å². The van der Waals surface area contributed by atoms with Crippen molar-refractivity contribution in [3.05, 3.63) is 30.3 Å². The van der Waals surface area contributed by atoms with Gasteiger partial charge >= 0.3 is 5.97 Å². The summed E-state index contributed by atoms with van der Waals surface area (Å²) in [7, 11) is 0. The molecule has 28 heavy (non-hydrogen) atoms. The van der Waals surface area contributed by atoms with Crippen LogP contribution in [0.3, 0.4) is 0 Å². The van der Waals surface area contributed by atoms with Crippen molar-refractivity contribution in [2.24, 2.45) is 23.2 Å². The van der Waals surface area contributed by atoms with Crippen LogP contribution in [0.1, 0.15) is 51.9 Å². The normalized spacial score (nSPS) is 31.2. The minimum atomic E-state index is -0.696. The molecule has 0 heterocycles. The molecule has 0 saturated heterocycles. The first-order chi connectivity index (χ1) is 13.5. The van der Waals surface area contributed by atoms with Crippen molar-refractivity contribution in [3.63, 3.8) is 0 Å². The molecule has 5 nitrogen and oxygen atoms in total. The number of para-hydroxylation sites is 1. The second-order valence-corrected chi connectivity index (χ2v) is 9.13. The van der Waals surface area contributed by atoms with Gasteiger partial charge in [-0.15, -0.1) is 0 Å². The Morgan fingerprint density at radius 2 is 1.68 bits per heavy atom. The lowest BCUT2D eigenvalue weighted by Crippen LogP contribution is -2.51. The van der Waals surface area contributed by atoms with Crippen LogP contribution in [0.2, 0.25) is 0 Å². The van der Waals surface area contributed by atoms with Gasteiger partial charge in [0.05, 0.1) is 0 Å². The van der Waals surface area contributed by atoms with E-state index in [1.165, 1.54) is 38.5 Å². The van der Waals surface area contributed by atoms with Gasteiger partial charge in [0.1, 0.15) is 5.75 Å². The molecule has 4 saturated carbocycles. The molecule has 0 spiro atoms. The van der Waals surface area contributed by atoms with Crippen LogP contribution in [0.5, 0.6) is 5.75 Å². The summed E-state index contributed by atoms with van der Waals surface area (Å²) in [6, 6.07) is 9.19. The van der Waals surface area contributed by atoms with Crippen molar-refractivity contribution in [3.8, 4) is 5.75 Å². The zero-order chi connectivity index (χ0) is 19.6. The Morgan fingerprint density at radius 1 is 1.07 bits per heavy atom. The van der Waals surface area contributed by atoms with Gasteiger partial charge < -0.3 is 14.8 Å². The van der Waals surface area contributed by atoms with E-state index in [1.807, 2.05) is 25.1 Å². The van der Waals surface area contributed by atoms with Crippen LogP contribution in [0.25, 0.3) is 0 Å². The highest BCUT2D eigenvalue weighted by molar-refractivity contribution is 5.82. The average molecular weight is 386 g/mol. The van der Waals surface area contributed by atoms with Gasteiger partial charge in [-0.25, -0.2) is 4.79 Å². The van der Waals surface area contributed by atoms with Crippen molar-refractivity contribution >= 4 is 11.9 Å². The van der Waals surface area contributed by atoms with Gasteiger partial charge in [-0.05, 0) is 80.2 Å². The number of carbonyl (C=O) groups is 2. The van der Waals surface area contributed by atoms with E-state index in [0.29, 0.717) is 12.2 Å². The van der Waals surface area contributed by atoms with E-state index in [4.69, 9.17) is 9.47 Å². The second-order valence-electron chi connectivity index (χ2n) is 9.13. The molecule has 5 rings (SSSR count). The number of hydrogen-bond acceptors (Lipinski definition) is 4. The summed E-state index contributed by atoms with van der Waals surface area (Å²) in [5, 5.41) is 3.04. The summed E-state index contributed by atoms with van der Waals surface area (Å²) in [6.45, 7) is 2.35. The molecular formula is C23H31NO4. The van der Waals surface area contributed by atoms with E-state index in [2.05, 4.69) is 5.32 Å². The molecule has 1 N–H and O–H groups in total. The summed E-state index contributed by atoms with van der Waals surface area (Å²) >= 11 is 0. The lowest BCUT2D eigenvalue weighted by Gasteiger charge is -2.56. The van der Waals surface area contributed by atoms with Crippen LogP contribution < -0.4 is 10.1 Å². The first kappa shape index (κ1) is 19.3. The topological polar surface area (TPSA) is 64.6 Å². The average Bonchev–Trinajstić information content (AvgIpc) is 2.68. The zero-order valence-corrected chi connectivity index (χ0v) is 16.7. The standard InChI is InChI=1S/C23H31NO4/c1-2-20(28-19-6-4-3-5-7-19)22(26)27-14-21(25)24-15-23-11-16-8-17(12-23)10-18(9-16)13-23/h3-7,16-18,20H,2,8-15H2,1H3,(H,24,25)/t16?,17?,18?,20-,23?/m1/s1. The summed E-state index contributed by atoms with van der Waals surface area (Å²) in [6.07, 6.45) is 7.73. The molecule has 0 unspecified atom stereocenters. The highest BCUT2D eigenvalue weighted by atomic mass is 16.6. The first-order valence-corrected chi connectivity index (χ1v) is 10.7. The molecule has 0 aromatic heterocycles. The Kier molecular flexibility index (Phi) is 5.61. The highest BCUT2D eigenvalue weighted by Gasteiger charge is 2.50. The number of hydrogen-bond donors (Lipinski definition) is 1. The molecular weight excluding hydrogens is 354 g/mol. The molecule has 0 radical (unpaired) electrons. The predicted octanol–water partition coefficient (Wildman–Crippen LogP) is 3.72. The summed E-state index contributed by atoms with van der Waals surface area (Å²) < 4.78 is 10.9. The molecule has 1 atom stereocenters. The van der Waals surface area contributed by atoms with Gasteiger partial charge in [0.25, 0.3) is 5.91 Å². The maximum absolute atomic E-state index is 12.3. The quantitative estimate of drug-likeness (QED) is 0.693. The number of nitrogens with one attached hydrogen (secondary N) is 1. The van der Waals surface area contributed by atoms with E-state index >= 15 is 0 Å². The van der Waals surface area contributed by atoms with Crippen LogP contribution in [0.15, 0.2) is 30.3 Å². The van der Waals surface area contributed by atoms with Crippen LogP contribution in [0, 0.1) is 23.2 Å². The third-order valence-corrected chi connectivity index (χ3v) is 6.83. The molecule has 152 valence electrons. The number of amides is 1. The Bertz CT molecular complexity index is 667. The van der Waals surface area contributed by atoms with E-state index in [1.54, 1.807) is 12.1 Å². The van der Waals surface area contributed by atoms with E-state index in [9.17, 15) is 9.59 Å². The van der Waals surface area contributed by atoms with Crippen molar-refractivity contribution in [1.29, 1.82) is 0 Å². The Balaban J connectivity index is 1.22. The van der Waals surface area contributed by atoms with E-state index in [0.717, 1.165) is 24.3 Å². The van der Waals surface area contributed by atoms with Crippen molar-refractivity contribution in [2.45, 2.75) is 58.0 Å². The molecule has 1 aromatic carbocycles. The molecule has 4 fully saturated rings. The van der Waals surface area contributed by atoms with Crippen LogP contribution in [0.4, 0.5) is 0 Å². The smallest absolute Gasteiger partial charge is 0.347 e. The van der Waals surface area contributed by atoms with Gasteiger partial charge in [-0.2, -0.15) is 0 Å². The monoisotopic (exact) mass is 385 g/mol. The lowest BCUT2D eigenvalue weighted by atomic mass is 9.49. The largest absolute Gasteiger partial charge is 0.479 e. The minimum Gasteiger partial charge on any atom is -0.479 e. The summed E-state index contributed by atoms with van der Waals surface area (Å²) in [4.78, 5) is 24.6. The second kappa shape index (κ2) is 8.14. The fourth-order valence-corrected chi connectivity index (χ4v) is 6.03. The number of esters is 1. The van der Waals surface area contributed by atoms with E-state index in [-0.39, 0.29) is 17.9 Å². The van der Waals surface area contributed by atoms with Crippen molar-refractivity contribution in [1.82, 2.24) is 5.32 Å². The zero-order valence-electron chi connectivity index (χ0n) is 16.7. The SMILES string of the molecule is CC[C@@H](Oc1ccccc1)C(=O)OCC(=O)NCC12CC3CC(CC(C3)C1)C2. The maximum atomic E-state index is 12.3. The fourth-order valence-electron chi connectivity index (χ4n) is 6.03. The number of carbonyl (C=O) groups excluding carboxylic acids is 2. The molecule has 1 aromatic rings. The molecule has 1 amide bonds. The summed E-state index contributed by atoms with van der Waals surface area (Å²) in [5.74, 6) is 2.51. The van der Waals surface area contributed by atoms with Crippen molar-refractivity contribution in [2.75, 3.05) is 13.2 Å². The van der Waals surface area contributed by atoms with E-state index < -0.39 is 12.1 Å². The molecule has 4 aliphatic carbocycles. The predicted molar refractivity (Wildman–Crippen MR) is 106 cm³/mol. The third kappa shape index (κ3) is 4.34. The molecule has 0 aliphatic heterocycles. The number of ether oxygens (including phenoxy) is 2. The molecule has 4 bridgehead atoms. The fraction of sp³-hybridized carbons (Fsp3) is 0.652. The number of benzene rings is 1. The third-order valence-electron chi connectivity index (χ3n) is 6.83. The number of rotatable bonds is 8. The summed E-state index contributed by atoms with van der Waals surface area (Å²) in [5.41, 5.74) is 0.288. The maximum Gasteiger partial charge on any atom is 0.347 e. The van der Waals surface area contributed by atoms with Gasteiger partial charge in [-0.3, -0.25) is 4.79 Å². The van der Waals surface area contributed by atoms with Gasteiger partial charge in [0, 0.05) is 6.54 Å². The Morgan fingerprint density at radius 3 is 2.25 bits per heavy atom. The van der Waals surface area contributed by atoms with Crippen LogP contribution in [-0.2, 0) is 14.3 Å². The van der Waals surface area contributed by atoms with Crippen molar-refractivity contribution < 1.29 is 19.1 Å². The molecule has 5 heteroatoms. The Hall–Kier alpha value is -2.04. The Labute approximate surface area is 167 Å². The first-order valence-electron chi connectivity index (χ1n) is 10.7. The lowest BCUT2D eigenvalue weighted by molar-refractivity contribution is -0.155. The van der Waals surface area contributed by atoms with Gasteiger partial charge in [0.15, 0.2) is 12.7 Å². The molecule has 4 aliphatic rings. The minimum absolute atomic E-state index is 0.210. The van der Waals surface area contributed by atoms with Gasteiger partial charge in [0.2, 0.25) is 0 Å².